The van der Waals surface area contributed by atoms with Crippen LogP contribution in [-0.4, -0.2) is 37.1 Å². The van der Waals surface area contributed by atoms with Gasteiger partial charge in [-0.05, 0) is 37.6 Å². The minimum absolute atomic E-state index is 0.202. The highest BCUT2D eigenvalue weighted by Gasteiger charge is 2.35. The number of thiazole rings is 1. The van der Waals surface area contributed by atoms with Crippen molar-refractivity contribution in [1.82, 2.24) is 4.57 Å². The highest BCUT2D eigenvalue weighted by atomic mass is 32.1. The van der Waals surface area contributed by atoms with Crippen LogP contribution in [0.15, 0.2) is 69.6 Å². The second-order valence-corrected chi connectivity index (χ2v) is 9.46. The van der Waals surface area contributed by atoms with Crippen molar-refractivity contribution in [3.05, 3.63) is 90.6 Å². The van der Waals surface area contributed by atoms with E-state index in [0.717, 1.165) is 22.6 Å². The summed E-state index contributed by atoms with van der Waals surface area (Å²) >= 11 is 1.16. The van der Waals surface area contributed by atoms with Gasteiger partial charge in [-0.2, -0.15) is 0 Å². The number of fused-ring (bicyclic) bond motifs is 2. The van der Waals surface area contributed by atoms with Crippen molar-refractivity contribution < 1.29 is 14.3 Å². The third kappa shape index (κ3) is 3.68. The van der Waals surface area contributed by atoms with Gasteiger partial charge in [-0.15, -0.1) is 0 Å². The number of para-hydroxylation sites is 1. The van der Waals surface area contributed by atoms with Crippen LogP contribution in [0.25, 0.3) is 5.57 Å². The Morgan fingerprint density at radius 2 is 1.86 bits per heavy atom. The smallest absolute Gasteiger partial charge is 0.338 e. The lowest BCUT2D eigenvalue weighted by atomic mass is 9.95. The quantitative estimate of drug-likeness (QED) is 0.569. The van der Waals surface area contributed by atoms with Gasteiger partial charge in [0.25, 0.3) is 11.5 Å². The summed E-state index contributed by atoms with van der Waals surface area (Å²) < 4.78 is 7.14. The van der Waals surface area contributed by atoms with E-state index in [2.05, 4.69) is 10.3 Å². The molecule has 1 atom stereocenters. The molecule has 0 aliphatic carbocycles. The second kappa shape index (κ2) is 8.66. The number of esters is 1. The lowest BCUT2D eigenvalue weighted by Crippen LogP contribution is -2.40. The van der Waals surface area contributed by atoms with Gasteiger partial charge in [-0.25, -0.2) is 9.79 Å². The maximum atomic E-state index is 13.9. The fraction of sp³-hybridized carbons (Fsp3) is 0.231. The molecule has 178 valence electrons. The van der Waals surface area contributed by atoms with Crippen LogP contribution in [0.3, 0.4) is 0 Å². The molecule has 0 bridgehead atoms. The Balaban J connectivity index is 1.79. The summed E-state index contributed by atoms with van der Waals surface area (Å²) in [7, 11) is 3.89. The zero-order valence-electron chi connectivity index (χ0n) is 19.8. The Kier molecular flexibility index (Phi) is 5.64. The molecule has 1 aromatic heterocycles. The Labute approximate surface area is 205 Å². The maximum absolute atomic E-state index is 13.9. The van der Waals surface area contributed by atoms with E-state index in [0.29, 0.717) is 37.4 Å². The molecule has 9 heteroatoms. The number of rotatable bonds is 4. The van der Waals surface area contributed by atoms with E-state index in [9.17, 15) is 14.4 Å². The fourth-order valence-corrected chi connectivity index (χ4v) is 5.60. The zero-order chi connectivity index (χ0) is 24.9. The molecule has 3 heterocycles. The number of nitrogens with zero attached hydrogens (tertiary/aromatic N) is 3. The number of hydrogen-bond donors (Lipinski definition) is 1. The number of anilines is 2. The third-order valence-corrected chi connectivity index (χ3v) is 7.17. The van der Waals surface area contributed by atoms with Crippen molar-refractivity contribution in [2.75, 3.05) is 30.9 Å². The summed E-state index contributed by atoms with van der Waals surface area (Å²) in [5.74, 6) is -0.845. The SMILES string of the molecule is CCOC(=O)C1=C(C)N=c2sc(=C3C(=O)Nc4ccccc43)c(=O)n2C1c1ccc(N(C)C)cc1. The fourth-order valence-electron chi connectivity index (χ4n) is 4.45. The van der Waals surface area contributed by atoms with Crippen molar-refractivity contribution in [3.8, 4) is 0 Å². The largest absolute Gasteiger partial charge is 0.463 e. The summed E-state index contributed by atoms with van der Waals surface area (Å²) in [5.41, 5.74) is 3.83. The molecule has 2 aliphatic heterocycles. The van der Waals surface area contributed by atoms with Gasteiger partial charge in [0.15, 0.2) is 4.80 Å². The second-order valence-electron chi connectivity index (χ2n) is 8.48. The number of allylic oxidation sites excluding steroid dienone is 1. The van der Waals surface area contributed by atoms with Gasteiger partial charge >= 0.3 is 5.97 Å². The van der Waals surface area contributed by atoms with E-state index in [-0.39, 0.29) is 18.1 Å². The van der Waals surface area contributed by atoms with Gasteiger partial charge < -0.3 is 15.0 Å². The van der Waals surface area contributed by atoms with Crippen LogP contribution in [0, 0.1) is 0 Å². The Bertz CT molecular complexity index is 1580. The van der Waals surface area contributed by atoms with Crippen LogP contribution < -0.4 is 25.1 Å². The molecule has 0 saturated carbocycles. The number of nitrogens with one attached hydrogen (secondary N) is 1. The third-order valence-electron chi connectivity index (χ3n) is 6.12. The molecule has 0 fully saturated rings. The van der Waals surface area contributed by atoms with Crippen molar-refractivity contribution in [2.45, 2.75) is 19.9 Å². The lowest BCUT2D eigenvalue weighted by Gasteiger charge is -2.25. The summed E-state index contributed by atoms with van der Waals surface area (Å²) in [6.45, 7) is 3.68. The van der Waals surface area contributed by atoms with Gasteiger partial charge in [0.05, 0.1) is 29.5 Å². The number of carbonyl (C=O) groups is 2. The Morgan fingerprint density at radius 3 is 2.54 bits per heavy atom. The number of benzene rings is 2. The molecule has 1 N–H and O–H groups in total. The molecule has 1 amide bonds. The number of hydrogen-bond acceptors (Lipinski definition) is 7. The number of carbonyl (C=O) groups excluding carboxylic acids is 2. The average molecular weight is 489 g/mol. The van der Waals surface area contributed by atoms with Gasteiger partial charge in [0.1, 0.15) is 4.53 Å². The van der Waals surface area contributed by atoms with E-state index < -0.39 is 12.0 Å². The van der Waals surface area contributed by atoms with E-state index in [1.165, 1.54) is 4.57 Å². The van der Waals surface area contributed by atoms with Crippen molar-refractivity contribution in [2.24, 2.45) is 4.99 Å². The van der Waals surface area contributed by atoms with E-state index in [1.807, 2.05) is 61.5 Å². The molecule has 2 aromatic carbocycles. The minimum Gasteiger partial charge on any atom is -0.463 e. The Morgan fingerprint density at radius 1 is 1.14 bits per heavy atom. The molecule has 5 rings (SSSR count). The minimum atomic E-state index is -0.726. The molecule has 3 aromatic rings. The first-order valence-corrected chi connectivity index (χ1v) is 12.0. The van der Waals surface area contributed by atoms with Crippen molar-refractivity contribution >= 4 is 40.2 Å². The predicted octanol–water partition coefficient (Wildman–Crippen LogP) is 2.19. The molecule has 1 unspecified atom stereocenters. The van der Waals surface area contributed by atoms with Crippen LogP contribution in [0.1, 0.15) is 31.0 Å². The average Bonchev–Trinajstić information content (AvgIpc) is 3.33. The van der Waals surface area contributed by atoms with Crippen molar-refractivity contribution in [3.63, 3.8) is 0 Å². The summed E-state index contributed by atoms with van der Waals surface area (Å²) in [4.78, 5) is 46.8. The molecule has 0 spiro atoms. The molecular formula is C26H24N4O4S. The summed E-state index contributed by atoms with van der Waals surface area (Å²) in [6, 6.07) is 14.2. The normalized spacial score (nSPS) is 17.9. The molecule has 2 aliphatic rings. The number of aromatic nitrogens is 1. The molecular weight excluding hydrogens is 464 g/mol. The standard InChI is InChI=1S/C26H24N4O4S/c1-5-34-25(33)19-14(2)27-26-30(21(19)15-10-12-16(13-11-15)29(3)4)24(32)22(35-26)20-17-8-6-7-9-18(17)28-23(20)31/h6-13,21H,5H2,1-4H3,(H,28,31). The first kappa shape index (κ1) is 22.8. The molecule has 35 heavy (non-hydrogen) atoms. The predicted molar refractivity (Wildman–Crippen MR) is 135 cm³/mol. The van der Waals surface area contributed by atoms with Gasteiger partial charge in [0, 0.05) is 31.0 Å². The highest BCUT2D eigenvalue weighted by molar-refractivity contribution is 7.07. The van der Waals surface area contributed by atoms with Gasteiger partial charge in [-0.3, -0.25) is 14.2 Å². The lowest BCUT2D eigenvalue weighted by molar-refractivity contribution is -0.139. The first-order chi connectivity index (χ1) is 16.8. The molecule has 8 nitrogen and oxygen atoms in total. The van der Waals surface area contributed by atoms with Crippen LogP contribution in [-0.2, 0) is 14.3 Å². The van der Waals surface area contributed by atoms with Crippen LogP contribution in [0.2, 0.25) is 0 Å². The highest BCUT2D eigenvalue weighted by Crippen LogP contribution is 2.33. The molecule has 0 saturated heterocycles. The first-order valence-electron chi connectivity index (χ1n) is 11.2. The van der Waals surface area contributed by atoms with E-state index in [1.54, 1.807) is 19.9 Å². The maximum Gasteiger partial charge on any atom is 0.338 e. The van der Waals surface area contributed by atoms with Crippen molar-refractivity contribution in [1.29, 1.82) is 0 Å². The number of ether oxygens (including phenoxy) is 1. The van der Waals surface area contributed by atoms with Gasteiger partial charge in [-0.1, -0.05) is 41.7 Å². The summed E-state index contributed by atoms with van der Waals surface area (Å²) in [6.07, 6.45) is 0. The van der Waals surface area contributed by atoms with E-state index in [4.69, 9.17) is 4.74 Å². The van der Waals surface area contributed by atoms with E-state index >= 15 is 0 Å². The summed E-state index contributed by atoms with van der Waals surface area (Å²) in [5, 5.41) is 2.83. The number of amides is 1. The van der Waals surface area contributed by atoms with Crippen LogP contribution in [0.5, 0.6) is 0 Å². The van der Waals surface area contributed by atoms with Crippen LogP contribution in [0.4, 0.5) is 11.4 Å². The van der Waals surface area contributed by atoms with Gasteiger partial charge in [0.2, 0.25) is 0 Å². The topological polar surface area (TPSA) is 93.0 Å². The van der Waals surface area contributed by atoms with Crippen LogP contribution >= 0.6 is 11.3 Å². The monoisotopic (exact) mass is 488 g/mol. The molecule has 0 radical (unpaired) electrons. The Hall–Kier alpha value is -3.98. The zero-order valence-corrected chi connectivity index (χ0v) is 20.6.